The average molecular weight is 394 g/mol. The van der Waals surface area contributed by atoms with Crippen LogP contribution >= 0.6 is 0 Å². The highest BCUT2D eigenvalue weighted by atomic mass is 19.1. The lowest BCUT2D eigenvalue weighted by Crippen LogP contribution is -2.42. The summed E-state index contributed by atoms with van der Waals surface area (Å²) in [5, 5.41) is 1.89. The van der Waals surface area contributed by atoms with Gasteiger partial charge in [0.2, 0.25) is 0 Å². The monoisotopic (exact) mass is 394 g/mol. The summed E-state index contributed by atoms with van der Waals surface area (Å²) in [6.45, 7) is 4.60. The Morgan fingerprint density at radius 1 is 0.966 bits per heavy atom. The second kappa shape index (κ2) is 8.13. The molecule has 0 aromatic heterocycles. The molecule has 1 aliphatic rings. The Kier molecular flexibility index (Phi) is 5.57. The molecule has 29 heavy (non-hydrogen) atoms. The first-order valence-electron chi connectivity index (χ1n) is 10.1. The molecule has 152 valence electrons. The van der Waals surface area contributed by atoms with Crippen LogP contribution in [-0.2, 0) is 21.7 Å². The molecule has 3 aromatic rings. The van der Waals surface area contributed by atoms with E-state index in [4.69, 9.17) is 14.2 Å². The number of hydrogen-bond acceptors (Lipinski definition) is 3. The predicted molar refractivity (Wildman–Crippen MR) is 113 cm³/mol. The highest BCUT2D eigenvalue weighted by Crippen LogP contribution is 2.41. The molecule has 2 atom stereocenters. The van der Waals surface area contributed by atoms with Gasteiger partial charge in [-0.05, 0) is 66.1 Å². The third-order valence-electron chi connectivity index (χ3n) is 5.72. The van der Waals surface area contributed by atoms with Gasteiger partial charge in [-0.3, -0.25) is 0 Å². The van der Waals surface area contributed by atoms with Gasteiger partial charge in [-0.1, -0.05) is 30.3 Å². The minimum absolute atomic E-state index is 0.140. The Morgan fingerprint density at radius 3 is 2.48 bits per heavy atom. The van der Waals surface area contributed by atoms with Crippen LogP contribution in [0.5, 0.6) is 5.75 Å². The van der Waals surface area contributed by atoms with Gasteiger partial charge in [0.1, 0.15) is 18.2 Å². The molecule has 4 heteroatoms. The smallest absolute Gasteiger partial charge is 0.123 e. The summed E-state index contributed by atoms with van der Waals surface area (Å²) in [7, 11) is 1.77. The topological polar surface area (TPSA) is 27.7 Å². The van der Waals surface area contributed by atoms with Crippen LogP contribution in [0.3, 0.4) is 0 Å². The lowest BCUT2D eigenvalue weighted by molar-refractivity contribution is -0.152. The van der Waals surface area contributed by atoms with E-state index in [1.54, 1.807) is 19.2 Å². The van der Waals surface area contributed by atoms with Crippen molar-refractivity contribution in [1.82, 2.24) is 0 Å². The van der Waals surface area contributed by atoms with E-state index in [1.807, 2.05) is 30.3 Å². The van der Waals surface area contributed by atoms with Gasteiger partial charge in [0, 0.05) is 20.0 Å². The van der Waals surface area contributed by atoms with Crippen LogP contribution in [0.2, 0.25) is 0 Å². The van der Waals surface area contributed by atoms with E-state index in [9.17, 15) is 4.39 Å². The highest BCUT2D eigenvalue weighted by molar-refractivity contribution is 5.83. The van der Waals surface area contributed by atoms with Gasteiger partial charge in [-0.25, -0.2) is 4.39 Å². The molecule has 0 bridgehead atoms. The van der Waals surface area contributed by atoms with Gasteiger partial charge in [-0.15, -0.1) is 0 Å². The largest absolute Gasteiger partial charge is 0.489 e. The Labute approximate surface area is 171 Å². The Balaban J connectivity index is 1.53. The molecule has 1 saturated heterocycles. The molecule has 0 saturated carbocycles. The van der Waals surface area contributed by atoms with E-state index in [0.29, 0.717) is 6.61 Å². The molecule has 1 aliphatic heterocycles. The number of fused-ring (bicyclic) bond motifs is 1. The lowest BCUT2D eigenvalue weighted by Gasteiger charge is -2.42. The van der Waals surface area contributed by atoms with Gasteiger partial charge >= 0.3 is 0 Å². The molecule has 3 aromatic carbocycles. The molecule has 0 spiro atoms. The number of hydrogen-bond donors (Lipinski definition) is 0. The Morgan fingerprint density at radius 2 is 1.72 bits per heavy atom. The molecule has 0 N–H and O–H groups in total. The van der Waals surface area contributed by atoms with E-state index in [2.05, 4.69) is 26.0 Å². The molecule has 0 aliphatic carbocycles. The van der Waals surface area contributed by atoms with E-state index in [1.165, 1.54) is 6.07 Å². The van der Waals surface area contributed by atoms with Crippen LogP contribution in [-0.4, -0.2) is 19.3 Å². The number of halogens is 1. The van der Waals surface area contributed by atoms with Crippen LogP contribution in [0.4, 0.5) is 4.39 Å². The van der Waals surface area contributed by atoms with Crippen molar-refractivity contribution in [3.63, 3.8) is 0 Å². The molecular weight excluding hydrogens is 367 g/mol. The van der Waals surface area contributed by atoms with Crippen LogP contribution in [0.1, 0.15) is 37.8 Å². The summed E-state index contributed by atoms with van der Waals surface area (Å²) >= 11 is 0. The van der Waals surface area contributed by atoms with Gasteiger partial charge in [0.05, 0.1) is 17.8 Å². The zero-order chi connectivity index (χ0) is 20.4. The van der Waals surface area contributed by atoms with Gasteiger partial charge in [0.25, 0.3) is 0 Å². The maximum Gasteiger partial charge on any atom is 0.123 e. The van der Waals surface area contributed by atoms with Gasteiger partial charge in [-0.2, -0.15) is 0 Å². The van der Waals surface area contributed by atoms with Crippen LogP contribution in [0.15, 0.2) is 60.7 Å². The summed E-state index contributed by atoms with van der Waals surface area (Å²) in [5.74, 6) is 0.568. The molecule has 0 radical (unpaired) electrons. The molecule has 2 unspecified atom stereocenters. The van der Waals surface area contributed by atoms with Crippen molar-refractivity contribution >= 4 is 10.8 Å². The quantitative estimate of drug-likeness (QED) is 0.532. The van der Waals surface area contributed by atoms with Crippen LogP contribution in [0.25, 0.3) is 10.8 Å². The molecule has 3 nitrogen and oxygen atoms in total. The van der Waals surface area contributed by atoms with E-state index in [0.717, 1.165) is 40.5 Å². The number of methoxy groups -OCH3 is 1. The first kappa shape index (κ1) is 19.9. The fourth-order valence-corrected chi connectivity index (χ4v) is 4.42. The third kappa shape index (κ3) is 4.29. The van der Waals surface area contributed by atoms with Crippen molar-refractivity contribution in [2.45, 2.75) is 51.1 Å². The molecule has 1 heterocycles. The van der Waals surface area contributed by atoms with Crippen molar-refractivity contribution in [2.24, 2.45) is 0 Å². The van der Waals surface area contributed by atoms with Crippen LogP contribution < -0.4 is 4.74 Å². The van der Waals surface area contributed by atoms with Gasteiger partial charge < -0.3 is 14.2 Å². The standard InChI is InChI=1S/C25H27FO3/c1-17-14-25(27-3,15-18(2)29-17)22-5-4-6-24(13-22)28-16-19-7-8-20-9-10-23(26)12-21(20)11-19/h4-13,17-18H,14-16H2,1-3H3. The third-order valence-corrected chi connectivity index (χ3v) is 5.72. The van der Waals surface area contributed by atoms with Crippen molar-refractivity contribution in [3.8, 4) is 5.75 Å². The zero-order valence-electron chi connectivity index (χ0n) is 17.2. The first-order valence-corrected chi connectivity index (χ1v) is 10.1. The number of rotatable bonds is 5. The summed E-state index contributed by atoms with van der Waals surface area (Å²) in [4.78, 5) is 0. The fourth-order valence-electron chi connectivity index (χ4n) is 4.42. The number of ether oxygens (including phenoxy) is 3. The zero-order valence-corrected chi connectivity index (χ0v) is 17.2. The maximum atomic E-state index is 13.5. The second-order valence-corrected chi connectivity index (χ2v) is 8.01. The lowest BCUT2D eigenvalue weighted by atomic mass is 9.81. The van der Waals surface area contributed by atoms with Gasteiger partial charge in [0.15, 0.2) is 0 Å². The molecular formula is C25H27FO3. The van der Waals surface area contributed by atoms with Crippen molar-refractivity contribution in [3.05, 3.63) is 77.6 Å². The predicted octanol–water partition coefficient (Wildman–Crippen LogP) is 5.99. The molecule has 4 rings (SSSR count). The Hall–Kier alpha value is -2.43. The summed E-state index contributed by atoms with van der Waals surface area (Å²) < 4.78 is 31.5. The fraction of sp³-hybridized carbons (Fsp3) is 0.360. The molecule has 1 fully saturated rings. The van der Waals surface area contributed by atoms with Crippen molar-refractivity contribution in [2.75, 3.05) is 7.11 Å². The Bertz CT molecular complexity index is 990. The minimum Gasteiger partial charge on any atom is -0.489 e. The van der Waals surface area contributed by atoms with Crippen LogP contribution in [0, 0.1) is 5.82 Å². The maximum absolute atomic E-state index is 13.5. The van der Waals surface area contributed by atoms with Crippen molar-refractivity contribution < 1.29 is 18.6 Å². The summed E-state index contributed by atoms with van der Waals surface area (Å²) in [5.41, 5.74) is 1.75. The second-order valence-electron chi connectivity index (χ2n) is 8.01. The SMILES string of the molecule is COC1(c2cccc(OCc3ccc4ccc(F)cc4c3)c2)CC(C)OC(C)C1. The van der Waals surface area contributed by atoms with Crippen molar-refractivity contribution in [1.29, 1.82) is 0 Å². The van der Waals surface area contributed by atoms with E-state index in [-0.39, 0.29) is 23.6 Å². The first-order chi connectivity index (χ1) is 14.0. The number of benzene rings is 3. The van der Waals surface area contributed by atoms with E-state index >= 15 is 0 Å². The highest BCUT2D eigenvalue weighted by Gasteiger charge is 2.40. The normalized spacial score (nSPS) is 24.6. The average Bonchev–Trinajstić information content (AvgIpc) is 2.71. The minimum atomic E-state index is -0.364. The summed E-state index contributed by atoms with van der Waals surface area (Å²) in [6, 6.07) is 18.9. The summed E-state index contributed by atoms with van der Waals surface area (Å²) in [6.07, 6.45) is 1.91. The molecule has 0 amide bonds. The van der Waals surface area contributed by atoms with E-state index < -0.39 is 0 Å².